The van der Waals surface area contributed by atoms with E-state index < -0.39 is 18.3 Å². The number of aromatic nitrogens is 2. The number of nitrogens with zero attached hydrogens (tertiary/aromatic N) is 2. The number of hydrogen-bond acceptors (Lipinski definition) is 3. The van der Waals surface area contributed by atoms with Crippen molar-refractivity contribution in [2.75, 3.05) is 5.32 Å². The first kappa shape index (κ1) is 22.0. The Hall–Kier alpha value is -2.51. The Bertz CT molecular complexity index is 1050. The molecule has 1 aromatic carbocycles. The molecule has 0 radical (unpaired) electrons. The molecule has 8 heteroatoms. The fourth-order valence-electron chi connectivity index (χ4n) is 7.32. The third kappa shape index (κ3) is 3.69. The smallest absolute Gasteiger partial charge is 0.363 e. The van der Waals surface area contributed by atoms with E-state index in [1.54, 1.807) is 0 Å². The van der Waals surface area contributed by atoms with Gasteiger partial charge in [-0.25, -0.2) is 4.68 Å². The monoisotopic (exact) mass is 472 g/mol. The van der Waals surface area contributed by atoms with Gasteiger partial charge in [-0.3, -0.25) is 4.79 Å². The van der Waals surface area contributed by atoms with Crippen LogP contribution in [0.3, 0.4) is 0 Å². The van der Waals surface area contributed by atoms with Gasteiger partial charge in [0.2, 0.25) is 0 Å². The summed E-state index contributed by atoms with van der Waals surface area (Å²) in [4.78, 5) is 13.4. The Morgan fingerprint density at radius 3 is 2.29 bits per heavy atom. The summed E-state index contributed by atoms with van der Waals surface area (Å²) in [7, 11) is 0. The van der Waals surface area contributed by atoms with Gasteiger partial charge in [-0.15, -0.1) is 0 Å². The highest BCUT2D eigenvalue weighted by Crippen LogP contribution is 2.54. The van der Waals surface area contributed by atoms with Crippen LogP contribution in [0.15, 0.2) is 30.5 Å². The van der Waals surface area contributed by atoms with Crippen LogP contribution in [0.5, 0.6) is 0 Å². The van der Waals surface area contributed by atoms with Crippen molar-refractivity contribution >= 4 is 11.7 Å². The number of rotatable bonds is 4. The molecular weight excluding hydrogens is 441 g/mol. The number of carbonyl (C=O) groups is 1. The van der Waals surface area contributed by atoms with Crippen LogP contribution >= 0.6 is 0 Å². The van der Waals surface area contributed by atoms with Crippen molar-refractivity contribution in [2.24, 2.45) is 23.7 Å². The Morgan fingerprint density at radius 1 is 1.06 bits per heavy atom. The van der Waals surface area contributed by atoms with Crippen molar-refractivity contribution in [3.8, 4) is 0 Å². The lowest BCUT2D eigenvalue weighted by molar-refractivity contribution is -0.173. The molecule has 5 nitrogen and oxygen atoms in total. The number of fused-ring (bicyclic) bond motifs is 1. The Kier molecular flexibility index (Phi) is 5.19. The minimum atomic E-state index is -4.46. The molecule has 1 aromatic heterocycles. The average molecular weight is 473 g/mol. The zero-order chi connectivity index (χ0) is 23.6. The number of amides is 1. The number of carbonyl (C=O) groups excluding carboxylic acids is 1. The summed E-state index contributed by atoms with van der Waals surface area (Å²) in [6.45, 7) is 2.04. The lowest BCUT2D eigenvalue weighted by atomic mass is 9.54. The molecule has 34 heavy (non-hydrogen) atoms. The molecule has 182 valence electrons. The van der Waals surface area contributed by atoms with E-state index >= 15 is 0 Å². The van der Waals surface area contributed by atoms with E-state index in [-0.39, 0.29) is 29.8 Å². The highest BCUT2D eigenvalue weighted by molar-refractivity contribution is 5.99. The molecule has 7 rings (SSSR count). The molecular formula is C26H31F3N4O. The number of aryl methyl sites for hydroxylation is 1. The van der Waals surface area contributed by atoms with Crippen LogP contribution in [0.4, 0.5) is 19.0 Å². The van der Waals surface area contributed by atoms with Crippen molar-refractivity contribution in [3.05, 3.63) is 47.2 Å². The second kappa shape index (κ2) is 8.02. The minimum absolute atomic E-state index is 0.121. The van der Waals surface area contributed by atoms with Crippen LogP contribution in [0.1, 0.15) is 79.0 Å². The topological polar surface area (TPSA) is 59.0 Å². The van der Waals surface area contributed by atoms with Gasteiger partial charge in [0.15, 0.2) is 6.04 Å². The maximum atomic E-state index is 14.0. The first-order valence-electron chi connectivity index (χ1n) is 12.6. The van der Waals surface area contributed by atoms with Gasteiger partial charge in [0, 0.05) is 12.5 Å². The molecule has 0 saturated heterocycles. The standard InChI is InChI=1S/C26H31F3N4O/c1-2-14-3-5-17(6-4-14)21-12-22(26(27,28)29)33-24(31-21)20(13-30-33)25(34)32-23-18-8-15-7-16(10-18)11-19(23)9-15/h3-6,13,15-16,18-19,21-23,31H,2,7-12H2,1H3,(H,32,34). The van der Waals surface area contributed by atoms with E-state index in [1.165, 1.54) is 12.6 Å². The molecule has 4 aliphatic carbocycles. The first-order chi connectivity index (χ1) is 16.3. The molecule has 0 spiro atoms. The van der Waals surface area contributed by atoms with Crippen LogP contribution in [-0.4, -0.2) is 27.9 Å². The Balaban J connectivity index is 1.28. The lowest BCUT2D eigenvalue weighted by Gasteiger charge is -2.54. The Labute approximate surface area is 197 Å². The van der Waals surface area contributed by atoms with E-state index in [2.05, 4.69) is 15.7 Å². The van der Waals surface area contributed by atoms with Crippen molar-refractivity contribution in [1.29, 1.82) is 0 Å². The van der Waals surface area contributed by atoms with Gasteiger partial charge in [-0.05, 0) is 73.3 Å². The molecule has 1 aliphatic heterocycles. The van der Waals surface area contributed by atoms with Gasteiger partial charge >= 0.3 is 6.18 Å². The predicted octanol–water partition coefficient (Wildman–Crippen LogP) is 5.66. The number of halogens is 3. The second-order valence-electron chi connectivity index (χ2n) is 10.9. The molecule has 4 fully saturated rings. The van der Waals surface area contributed by atoms with Crippen LogP contribution in [0.2, 0.25) is 0 Å². The highest BCUT2D eigenvalue weighted by Gasteiger charge is 2.50. The predicted molar refractivity (Wildman–Crippen MR) is 122 cm³/mol. The number of benzene rings is 1. The van der Waals surface area contributed by atoms with Gasteiger partial charge in [0.05, 0.1) is 12.2 Å². The molecule has 2 unspecified atom stereocenters. The van der Waals surface area contributed by atoms with E-state index in [4.69, 9.17) is 0 Å². The highest BCUT2D eigenvalue weighted by atomic mass is 19.4. The van der Waals surface area contributed by atoms with Gasteiger partial charge in [0.1, 0.15) is 11.4 Å². The van der Waals surface area contributed by atoms with Crippen molar-refractivity contribution < 1.29 is 18.0 Å². The fourth-order valence-corrected chi connectivity index (χ4v) is 7.32. The maximum absolute atomic E-state index is 14.0. The third-order valence-corrected chi connectivity index (χ3v) is 8.80. The van der Waals surface area contributed by atoms with Crippen molar-refractivity contribution in [3.63, 3.8) is 0 Å². The lowest BCUT2D eigenvalue weighted by Crippen LogP contribution is -2.55. The van der Waals surface area contributed by atoms with Crippen LogP contribution in [-0.2, 0) is 6.42 Å². The van der Waals surface area contributed by atoms with Crippen LogP contribution in [0, 0.1) is 23.7 Å². The molecule has 2 atom stereocenters. The van der Waals surface area contributed by atoms with Gasteiger partial charge in [-0.1, -0.05) is 31.2 Å². The first-order valence-corrected chi connectivity index (χ1v) is 12.6. The SMILES string of the molecule is CCc1ccc(C2CC(C(F)(F)F)n3ncc(C(=O)NC4C5CC6CC(C5)CC4C6)c3N2)cc1. The molecule has 4 saturated carbocycles. The summed E-state index contributed by atoms with van der Waals surface area (Å²) in [5.41, 5.74) is 2.12. The molecule has 4 bridgehead atoms. The maximum Gasteiger partial charge on any atom is 0.410 e. The number of anilines is 1. The summed E-state index contributed by atoms with van der Waals surface area (Å²) in [5.74, 6) is 2.41. The average Bonchev–Trinajstić information content (AvgIpc) is 3.23. The normalized spacial score (nSPS) is 33.9. The van der Waals surface area contributed by atoms with E-state index in [0.717, 1.165) is 59.7 Å². The zero-order valence-electron chi connectivity index (χ0n) is 19.3. The summed E-state index contributed by atoms with van der Waals surface area (Å²) < 4.78 is 43.0. The van der Waals surface area contributed by atoms with Gasteiger partial charge in [-0.2, -0.15) is 18.3 Å². The van der Waals surface area contributed by atoms with E-state index in [9.17, 15) is 18.0 Å². The van der Waals surface area contributed by atoms with E-state index in [0.29, 0.717) is 11.8 Å². The van der Waals surface area contributed by atoms with E-state index in [1.807, 2.05) is 31.2 Å². The van der Waals surface area contributed by atoms with Crippen molar-refractivity contribution in [2.45, 2.75) is 76.2 Å². The molecule has 1 amide bonds. The zero-order valence-corrected chi connectivity index (χ0v) is 19.3. The summed E-state index contributed by atoms with van der Waals surface area (Å²) in [5, 5.41) is 10.5. The van der Waals surface area contributed by atoms with Crippen molar-refractivity contribution in [1.82, 2.24) is 15.1 Å². The third-order valence-electron chi connectivity index (χ3n) is 8.80. The quantitative estimate of drug-likeness (QED) is 0.604. The van der Waals surface area contributed by atoms with Gasteiger partial charge in [0.25, 0.3) is 5.91 Å². The van der Waals surface area contributed by atoms with Crippen LogP contribution in [0.25, 0.3) is 0 Å². The summed E-state index contributed by atoms with van der Waals surface area (Å²) >= 11 is 0. The Morgan fingerprint density at radius 2 is 1.71 bits per heavy atom. The summed E-state index contributed by atoms with van der Waals surface area (Å²) in [6, 6.07) is 5.46. The molecule has 2 aromatic rings. The van der Waals surface area contributed by atoms with Crippen LogP contribution < -0.4 is 10.6 Å². The fraction of sp³-hybridized carbons (Fsp3) is 0.615. The molecule has 2 N–H and O–H groups in total. The number of nitrogens with one attached hydrogen (secondary N) is 2. The van der Waals surface area contributed by atoms with Gasteiger partial charge < -0.3 is 10.6 Å². The summed E-state index contributed by atoms with van der Waals surface area (Å²) in [6.07, 6.45) is 3.51. The second-order valence-corrected chi connectivity index (χ2v) is 10.9. The number of hydrogen-bond donors (Lipinski definition) is 2. The number of alkyl halides is 3. The minimum Gasteiger partial charge on any atom is -0.363 e. The molecule has 5 aliphatic rings. The largest absolute Gasteiger partial charge is 0.410 e. The molecule has 2 heterocycles.